The number of ether oxygens (including phenoxy) is 2. The van der Waals surface area contributed by atoms with Gasteiger partial charge >= 0.3 is 6.61 Å². The van der Waals surface area contributed by atoms with Crippen molar-refractivity contribution in [3.63, 3.8) is 0 Å². The molecule has 0 spiro atoms. The van der Waals surface area contributed by atoms with Crippen LogP contribution in [0.5, 0.6) is 11.5 Å². The van der Waals surface area contributed by atoms with E-state index in [9.17, 15) is 8.78 Å². The van der Waals surface area contributed by atoms with E-state index in [-0.39, 0.29) is 11.5 Å². The number of para-hydroxylation sites is 1. The van der Waals surface area contributed by atoms with E-state index in [0.717, 1.165) is 19.3 Å². The lowest BCUT2D eigenvalue weighted by Crippen LogP contribution is -2.20. The van der Waals surface area contributed by atoms with Crippen molar-refractivity contribution >= 4 is 41.7 Å². The first-order chi connectivity index (χ1) is 18.4. The zero-order valence-electron chi connectivity index (χ0n) is 21.1. The van der Waals surface area contributed by atoms with Crippen LogP contribution in [-0.2, 0) is 0 Å². The van der Waals surface area contributed by atoms with Crippen LogP contribution < -0.4 is 14.4 Å². The maximum absolute atomic E-state index is 12.9. The summed E-state index contributed by atoms with van der Waals surface area (Å²) in [6, 6.07) is 8.54. The molecule has 0 atom stereocenters. The highest BCUT2D eigenvalue weighted by atomic mass is 35.5. The lowest BCUT2D eigenvalue weighted by Gasteiger charge is -2.26. The molecular formula is C28H28ClF2N5O2. The number of hydrogen-bond acceptors (Lipinski definition) is 6. The average Bonchev–Trinajstić information content (AvgIpc) is 2.86. The molecule has 0 aliphatic heterocycles. The summed E-state index contributed by atoms with van der Waals surface area (Å²) >= 11 is 6.13. The van der Waals surface area contributed by atoms with Gasteiger partial charge in [-0.05, 0) is 56.0 Å². The maximum atomic E-state index is 12.9. The van der Waals surface area contributed by atoms with Crippen LogP contribution in [0.3, 0.4) is 0 Å². The number of allylic oxidation sites excluding steroid dienone is 4. The number of benzene rings is 1. The van der Waals surface area contributed by atoms with Gasteiger partial charge in [-0.25, -0.2) is 9.98 Å². The minimum Gasteiger partial charge on any atom is -0.489 e. The number of rotatable bonds is 12. The molecule has 198 valence electrons. The van der Waals surface area contributed by atoms with Crippen molar-refractivity contribution in [2.45, 2.75) is 32.8 Å². The highest BCUT2D eigenvalue weighted by Crippen LogP contribution is 2.35. The van der Waals surface area contributed by atoms with E-state index < -0.39 is 6.61 Å². The molecule has 1 heterocycles. The van der Waals surface area contributed by atoms with Gasteiger partial charge in [-0.2, -0.15) is 14.0 Å². The number of hydrogen-bond donors (Lipinski definition) is 0. The third kappa shape index (κ3) is 8.53. The molecule has 1 aliphatic carbocycles. The van der Waals surface area contributed by atoms with E-state index in [2.05, 4.69) is 19.7 Å². The molecule has 10 heteroatoms. The summed E-state index contributed by atoms with van der Waals surface area (Å²) in [5.41, 5.74) is 1.47. The number of aromatic nitrogens is 1. The van der Waals surface area contributed by atoms with Crippen LogP contribution in [0.1, 0.15) is 31.7 Å². The minimum absolute atomic E-state index is 0.0105. The lowest BCUT2D eigenvalue weighted by molar-refractivity contribution is -0.0517. The molecule has 0 radical (unpaired) electrons. The van der Waals surface area contributed by atoms with Crippen molar-refractivity contribution in [3.8, 4) is 17.6 Å². The predicted octanol–water partition coefficient (Wildman–Crippen LogP) is 7.38. The normalized spacial score (nSPS) is 14.6. The first-order valence-electron chi connectivity index (χ1n) is 12.0. The molecule has 0 N–H and O–H groups in total. The zero-order chi connectivity index (χ0) is 27.3. The molecule has 7 nitrogen and oxygen atoms in total. The Morgan fingerprint density at radius 2 is 2.18 bits per heavy atom. The van der Waals surface area contributed by atoms with Gasteiger partial charge in [0.15, 0.2) is 17.3 Å². The number of nitriles is 1. The van der Waals surface area contributed by atoms with Gasteiger partial charge in [0.2, 0.25) is 0 Å². The second kappa shape index (κ2) is 14.6. The van der Waals surface area contributed by atoms with Crippen LogP contribution in [0.25, 0.3) is 6.08 Å². The summed E-state index contributed by atoms with van der Waals surface area (Å²) in [4.78, 5) is 14.6. The number of nitrogens with zero attached hydrogens (tertiary/aromatic N) is 5. The van der Waals surface area contributed by atoms with E-state index in [1.165, 1.54) is 31.0 Å². The Balaban J connectivity index is 1.79. The Morgan fingerprint density at radius 3 is 2.87 bits per heavy atom. The van der Waals surface area contributed by atoms with Crippen molar-refractivity contribution < 1.29 is 18.3 Å². The maximum Gasteiger partial charge on any atom is 0.387 e. The smallest absolute Gasteiger partial charge is 0.387 e. The van der Waals surface area contributed by atoms with Gasteiger partial charge in [0.25, 0.3) is 0 Å². The molecule has 0 amide bonds. The first kappa shape index (κ1) is 28.5. The van der Waals surface area contributed by atoms with Crippen LogP contribution >= 0.6 is 11.6 Å². The molecule has 0 bridgehead atoms. The van der Waals surface area contributed by atoms with E-state index in [4.69, 9.17) is 21.6 Å². The number of halogens is 3. The average molecular weight is 540 g/mol. The van der Waals surface area contributed by atoms with Crippen molar-refractivity contribution in [1.29, 1.82) is 5.26 Å². The summed E-state index contributed by atoms with van der Waals surface area (Å²) in [5.74, 6) is 1.17. The lowest BCUT2D eigenvalue weighted by atomic mass is 9.86. The predicted molar refractivity (Wildman–Crippen MR) is 148 cm³/mol. The summed E-state index contributed by atoms with van der Waals surface area (Å²) in [5, 5.41) is 9.50. The van der Waals surface area contributed by atoms with E-state index in [1.807, 2.05) is 13.0 Å². The molecule has 3 rings (SSSR count). The molecule has 0 unspecified atom stereocenters. The Hall–Kier alpha value is -4.03. The van der Waals surface area contributed by atoms with Gasteiger partial charge in [-0.1, -0.05) is 36.2 Å². The van der Waals surface area contributed by atoms with E-state index >= 15 is 0 Å². The summed E-state index contributed by atoms with van der Waals surface area (Å²) in [6.45, 7) is -0.695. The highest BCUT2D eigenvalue weighted by Gasteiger charge is 2.20. The molecule has 1 aromatic carbocycles. The van der Waals surface area contributed by atoms with Crippen LogP contribution in [0, 0.1) is 17.2 Å². The van der Waals surface area contributed by atoms with Gasteiger partial charge < -0.3 is 14.4 Å². The first-order valence-corrected chi connectivity index (χ1v) is 12.3. The zero-order valence-corrected chi connectivity index (χ0v) is 21.9. The minimum atomic E-state index is -2.96. The third-order valence-corrected chi connectivity index (χ3v) is 5.77. The SMILES string of the molecule is C/C=C\C(C#N)=C/N=CN(C)c1ncc(Cl)cc1N=C/C=C/c1cccc(OC(F)F)c1OCC1CCC1. The van der Waals surface area contributed by atoms with Crippen LogP contribution in [0.2, 0.25) is 5.02 Å². The Morgan fingerprint density at radius 1 is 1.37 bits per heavy atom. The summed E-state index contributed by atoms with van der Waals surface area (Å²) in [7, 11) is 1.74. The molecule has 2 aromatic rings. The molecule has 38 heavy (non-hydrogen) atoms. The van der Waals surface area contributed by atoms with Crippen LogP contribution in [0.15, 0.2) is 70.4 Å². The number of aliphatic imine (C=N–C) groups is 2. The van der Waals surface area contributed by atoms with Gasteiger partial charge in [-0.15, -0.1) is 0 Å². The van der Waals surface area contributed by atoms with Gasteiger partial charge in [0.1, 0.15) is 11.8 Å². The van der Waals surface area contributed by atoms with Gasteiger partial charge in [-0.3, -0.25) is 4.99 Å². The van der Waals surface area contributed by atoms with Crippen LogP contribution in [0.4, 0.5) is 20.3 Å². The van der Waals surface area contributed by atoms with E-state index in [1.54, 1.807) is 54.5 Å². The number of anilines is 1. The second-order valence-corrected chi connectivity index (χ2v) is 8.80. The summed E-state index contributed by atoms with van der Waals surface area (Å²) in [6.07, 6.45) is 16.0. The molecular weight excluding hydrogens is 512 g/mol. The largest absolute Gasteiger partial charge is 0.489 e. The second-order valence-electron chi connectivity index (χ2n) is 8.37. The number of alkyl halides is 2. The van der Waals surface area contributed by atoms with Crippen LogP contribution in [-0.4, -0.2) is 37.8 Å². The Labute approximate surface area is 226 Å². The quantitative estimate of drug-likeness (QED) is 0.122. The number of pyridine rings is 1. The molecule has 1 saturated carbocycles. The fourth-order valence-corrected chi connectivity index (χ4v) is 3.64. The van der Waals surface area contributed by atoms with Crippen molar-refractivity contribution in [2.75, 3.05) is 18.6 Å². The fraction of sp³-hybridized carbons (Fsp3) is 0.286. The van der Waals surface area contributed by atoms with E-state index in [0.29, 0.717) is 40.2 Å². The molecule has 1 aromatic heterocycles. The molecule has 1 fully saturated rings. The Kier molecular flexibility index (Phi) is 11.0. The van der Waals surface area contributed by atoms with Crippen molar-refractivity contribution in [2.24, 2.45) is 15.9 Å². The monoisotopic (exact) mass is 539 g/mol. The standard InChI is InChI=1S/C28H28ClF2N5O2/c1-3-7-21(15-32)16-33-19-36(2)27-24(14-23(29)17-35-27)34-13-6-11-22-10-5-12-25(38-28(30)31)26(22)37-18-20-8-4-9-20/h3,5-7,10-14,16-17,19-20,28H,4,8-9,18H2,1-2H3/b7-3-,11-6+,21-16+,33-19?,34-13?. The fourth-order valence-electron chi connectivity index (χ4n) is 3.48. The summed E-state index contributed by atoms with van der Waals surface area (Å²) < 4.78 is 36.5. The topological polar surface area (TPSA) is 83.1 Å². The molecule has 1 aliphatic rings. The van der Waals surface area contributed by atoms with Gasteiger partial charge in [0, 0.05) is 31.2 Å². The molecule has 0 saturated heterocycles. The van der Waals surface area contributed by atoms with Crippen molar-refractivity contribution in [1.82, 2.24) is 4.98 Å². The highest BCUT2D eigenvalue weighted by molar-refractivity contribution is 6.30. The van der Waals surface area contributed by atoms with Crippen molar-refractivity contribution in [3.05, 3.63) is 71.0 Å². The van der Waals surface area contributed by atoms with Gasteiger partial charge in [0.05, 0.1) is 23.5 Å². The third-order valence-electron chi connectivity index (χ3n) is 5.57. The Bertz CT molecular complexity index is 1280.